The third-order valence-electron chi connectivity index (χ3n) is 5.08. The summed E-state index contributed by atoms with van der Waals surface area (Å²) in [7, 11) is -3.71. The van der Waals surface area contributed by atoms with Gasteiger partial charge in [0.05, 0.1) is 11.4 Å². The van der Waals surface area contributed by atoms with E-state index in [4.69, 9.17) is 5.14 Å². The molecule has 0 aliphatic heterocycles. The molecule has 0 atom stereocenters. The zero-order valence-corrected chi connectivity index (χ0v) is 15.9. The highest BCUT2D eigenvalue weighted by atomic mass is 32.2. The molecular weight excluding hydrogens is 368 g/mol. The molecule has 10 heteroatoms. The van der Waals surface area contributed by atoms with E-state index in [0.29, 0.717) is 19.5 Å². The summed E-state index contributed by atoms with van der Waals surface area (Å²) in [5.74, 6) is -0.0273. The summed E-state index contributed by atoms with van der Waals surface area (Å²) < 4.78 is 24.3. The monoisotopic (exact) mass is 392 g/mol. The molecule has 1 saturated carbocycles. The van der Waals surface area contributed by atoms with Crippen LogP contribution in [0.4, 0.5) is 0 Å². The maximum atomic E-state index is 12.6. The van der Waals surface area contributed by atoms with Crippen molar-refractivity contribution in [3.8, 4) is 0 Å². The number of sulfonamides is 1. The standard InChI is InChI=1S/C17H24N6O3S/c18-27(25,26)15-6-4-14(5-7-15)11-19-16(24)10-17(8-2-1-3-9-17)12-23-13-20-21-22-23/h4-7,13H,1-3,8-12H2,(H,19,24)(H2,18,25,26). The predicted octanol–water partition coefficient (Wildman–Crippen LogP) is 0.977. The van der Waals surface area contributed by atoms with Crippen LogP contribution in [0.2, 0.25) is 0 Å². The van der Waals surface area contributed by atoms with Crippen molar-refractivity contribution in [2.24, 2.45) is 10.6 Å². The molecule has 1 fully saturated rings. The van der Waals surface area contributed by atoms with Gasteiger partial charge in [-0.2, -0.15) is 0 Å². The van der Waals surface area contributed by atoms with Crippen LogP contribution in [0, 0.1) is 5.41 Å². The molecule has 146 valence electrons. The highest BCUT2D eigenvalue weighted by Crippen LogP contribution is 2.40. The van der Waals surface area contributed by atoms with Crippen LogP contribution in [0.15, 0.2) is 35.5 Å². The van der Waals surface area contributed by atoms with Crippen LogP contribution in [0.25, 0.3) is 0 Å². The minimum absolute atomic E-state index is 0.0273. The number of aromatic nitrogens is 4. The van der Waals surface area contributed by atoms with Crippen LogP contribution in [-0.4, -0.2) is 34.5 Å². The van der Waals surface area contributed by atoms with Crippen LogP contribution < -0.4 is 10.5 Å². The van der Waals surface area contributed by atoms with Gasteiger partial charge in [-0.15, -0.1) is 5.10 Å². The molecule has 1 heterocycles. The summed E-state index contributed by atoms with van der Waals surface area (Å²) in [5, 5.41) is 19.3. The van der Waals surface area contributed by atoms with Crippen molar-refractivity contribution >= 4 is 15.9 Å². The first-order valence-electron chi connectivity index (χ1n) is 8.96. The topological polar surface area (TPSA) is 133 Å². The Morgan fingerprint density at radius 1 is 1.19 bits per heavy atom. The van der Waals surface area contributed by atoms with Gasteiger partial charge in [0.15, 0.2) is 0 Å². The zero-order chi connectivity index (χ0) is 19.3. The van der Waals surface area contributed by atoms with Crippen LogP contribution in [0.1, 0.15) is 44.1 Å². The molecule has 3 N–H and O–H groups in total. The number of nitrogens with one attached hydrogen (secondary N) is 1. The number of carbonyl (C=O) groups excluding carboxylic acids is 1. The van der Waals surface area contributed by atoms with Crippen LogP contribution in [-0.2, 0) is 27.9 Å². The Hall–Kier alpha value is -2.33. The molecule has 0 bridgehead atoms. The minimum atomic E-state index is -3.71. The van der Waals surface area contributed by atoms with Crippen LogP contribution in [0.5, 0.6) is 0 Å². The fourth-order valence-electron chi connectivity index (χ4n) is 3.69. The summed E-state index contributed by atoms with van der Waals surface area (Å²) in [4.78, 5) is 12.6. The van der Waals surface area contributed by atoms with E-state index in [-0.39, 0.29) is 16.2 Å². The molecule has 27 heavy (non-hydrogen) atoms. The second-order valence-corrected chi connectivity index (χ2v) is 8.77. The van der Waals surface area contributed by atoms with E-state index in [1.165, 1.54) is 18.6 Å². The Kier molecular flexibility index (Phi) is 5.85. The fourth-order valence-corrected chi connectivity index (χ4v) is 4.21. The van der Waals surface area contributed by atoms with E-state index in [0.717, 1.165) is 31.2 Å². The molecule has 0 unspecified atom stereocenters. The van der Waals surface area contributed by atoms with Crippen molar-refractivity contribution in [2.75, 3.05) is 0 Å². The lowest BCUT2D eigenvalue weighted by Crippen LogP contribution is -2.36. The lowest BCUT2D eigenvalue weighted by molar-refractivity contribution is -0.124. The van der Waals surface area contributed by atoms with Crippen LogP contribution >= 0.6 is 0 Å². The number of nitrogens with zero attached hydrogens (tertiary/aromatic N) is 4. The third-order valence-corrected chi connectivity index (χ3v) is 6.01. The van der Waals surface area contributed by atoms with Crippen LogP contribution in [0.3, 0.4) is 0 Å². The highest BCUT2D eigenvalue weighted by Gasteiger charge is 2.35. The van der Waals surface area contributed by atoms with Gasteiger partial charge in [0.2, 0.25) is 15.9 Å². The van der Waals surface area contributed by atoms with Gasteiger partial charge in [-0.1, -0.05) is 31.4 Å². The number of tetrazole rings is 1. The Morgan fingerprint density at radius 3 is 2.48 bits per heavy atom. The molecular formula is C17H24N6O3S. The lowest BCUT2D eigenvalue weighted by Gasteiger charge is -2.36. The first kappa shape index (κ1) is 19.4. The number of primary sulfonamides is 1. The van der Waals surface area contributed by atoms with Gasteiger partial charge < -0.3 is 5.32 Å². The minimum Gasteiger partial charge on any atom is -0.352 e. The third kappa shape index (κ3) is 5.33. The maximum Gasteiger partial charge on any atom is 0.238 e. The summed E-state index contributed by atoms with van der Waals surface area (Å²) in [6.45, 7) is 0.973. The molecule has 0 spiro atoms. The molecule has 2 aromatic rings. The molecule has 1 aliphatic rings. The molecule has 1 aliphatic carbocycles. The molecule has 1 aromatic heterocycles. The van der Waals surface area contributed by atoms with Crippen molar-refractivity contribution in [2.45, 2.75) is 56.5 Å². The molecule has 1 amide bonds. The van der Waals surface area contributed by atoms with Gasteiger partial charge in [0.1, 0.15) is 6.33 Å². The summed E-state index contributed by atoms with van der Waals surface area (Å²) >= 11 is 0. The Labute approximate surface area is 158 Å². The van der Waals surface area contributed by atoms with Crippen molar-refractivity contribution in [3.63, 3.8) is 0 Å². The number of carbonyl (C=O) groups is 1. The van der Waals surface area contributed by atoms with Gasteiger partial charge >= 0.3 is 0 Å². The van der Waals surface area contributed by atoms with Gasteiger partial charge in [-0.25, -0.2) is 18.2 Å². The average molecular weight is 392 g/mol. The van der Waals surface area contributed by atoms with Crippen molar-refractivity contribution in [3.05, 3.63) is 36.2 Å². The van der Waals surface area contributed by atoms with E-state index in [2.05, 4.69) is 20.8 Å². The predicted molar refractivity (Wildman–Crippen MR) is 97.6 cm³/mol. The summed E-state index contributed by atoms with van der Waals surface area (Å²) in [5.41, 5.74) is 0.684. The van der Waals surface area contributed by atoms with Gasteiger partial charge in [-0.05, 0) is 46.4 Å². The molecule has 0 radical (unpaired) electrons. The smallest absolute Gasteiger partial charge is 0.238 e. The molecule has 1 aromatic carbocycles. The molecule has 9 nitrogen and oxygen atoms in total. The quantitative estimate of drug-likeness (QED) is 0.721. The Morgan fingerprint density at radius 2 is 1.89 bits per heavy atom. The Bertz CT molecular complexity index is 859. The number of benzene rings is 1. The SMILES string of the molecule is NS(=O)(=O)c1ccc(CNC(=O)CC2(Cn3cnnn3)CCCCC2)cc1. The largest absolute Gasteiger partial charge is 0.352 e. The average Bonchev–Trinajstić information content (AvgIpc) is 3.13. The molecule has 0 saturated heterocycles. The fraction of sp³-hybridized carbons (Fsp3) is 0.529. The first-order valence-corrected chi connectivity index (χ1v) is 10.5. The van der Waals surface area contributed by atoms with E-state index in [9.17, 15) is 13.2 Å². The van der Waals surface area contributed by atoms with Crippen molar-refractivity contribution < 1.29 is 13.2 Å². The van der Waals surface area contributed by atoms with Gasteiger partial charge in [-0.3, -0.25) is 4.79 Å². The van der Waals surface area contributed by atoms with E-state index >= 15 is 0 Å². The second kappa shape index (κ2) is 8.13. The van der Waals surface area contributed by atoms with Crippen molar-refractivity contribution in [1.29, 1.82) is 0 Å². The highest BCUT2D eigenvalue weighted by molar-refractivity contribution is 7.89. The normalized spacial score (nSPS) is 16.8. The maximum absolute atomic E-state index is 12.6. The van der Waals surface area contributed by atoms with Gasteiger partial charge in [0, 0.05) is 13.0 Å². The van der Waals surface area contributed by atoms with E-state index < -0.39 is 10.0 Å². The lowest BCUT2D eigenvalue weighted by atomic mass is 9.71. The first-order chi connectivity index (χ1) is 12.9. The zero-order valence-electron chi connectivity index (χ0n) is 15.0. The summed E-state index contributed by atoms with van der Waals surface area (Å²) in [6.07, 6.45) is 7.35. The number of hydrogen-bond acceptors (Lipinski definition) is 6. The Balaban J connectivity index is 1.59. The molecule has 3 rings (SSSR count). The van der Waals surface area contributed by atoms with Crippen molar-refractivity contribution in [1.82, 2.24) is 25.5 Å². The number of amides is 1. The number of nitrogens with two attached hydrogens (primary N) is 1. The van der Waals surface area contributed by atoms with E-state index in [1.807, 2.05) is 0 Å². The number of hydrogen-bond donors (Lipinski definition) is 2. The van der Waals surface area contributed by atoms with E-state index in [1.54, 1.807) is 23.1 Å². The summed E-state index contributed by atoms with van der Waals surface area (Å²) in [6, 6.07) is 6.18. The number of rotatable bonds is 7. The second-order valence-electron chi connectivity index (χ2n) is 7.21. The van der Waals surface area contributed by atoms with Gasteiger partial charge in [0.25, 0.3) is 0 Å².